The van der Waals surface area contributed by atoms with E-state index in [0.717, 1.165) is 23.5 Å². The summed E-state index contributed by atoms with van der Waals surface area (Å²) in [7, 11) is 0. The Morgan fingerprint density at radius 2 is 1.81 bits per heavy atom. The molecule has 0 aliphatic heterocycles. The Balaban J connectivity index is 1.78. The molecule has 3 aromatic rings. The second-order valence-corrected chi connectivity index (χ2v) is 7.91. The lowest BCUT2D eigenvalue weighted by molar-refractivity contribution is -0.137. The molecule has 3 rings (SSSR count). The first kappa shape index (κ1) is 22.2. The Morgan fingerprint density at radius 1 is 1.13 bits per heavy atom. The average Bonchev–Trinajstić information content (AvgIpc) is 3.07. The first-order valence-electron chi connectivity index (χ1n) is 9.02. The summed E-state index contributed by atoms with van der Waals surface area (Å²) >= 11 is 1.16. The summed E-state index contributed by atoms with van der Waals surface area (Å²) in [6, 6.07) is 11.2. The minimum absolute atomic E-state index is 0.164. The third-order valence-corrected chi connectivity index (χ3v) is 5.26. The number of nitrogens with zero attached hydrogens (tertiary/aromatic N) is 1. The highest BCUT2D eigenvalue weighted by Crippen LogP contribution is 2.35. The smallest absolute Gasteiger partial charge is 0.416 e. The van der Waals surface area contributed by atoms with Crippen molar-refractivity contribution in [3.63, 3.8) is 0 Å². The predicted molar refractivity (Wildman–Crippen MR) is 113 cm³/mol. The van der Waals surface area contributed by atoms with Crippen molar-refractivity contribution in [1.82, 2.24) is 4.98 Å². The van der Waals surface area contributed by atoms with Gasteiger partial charge in [0.25, 0.3) is 5.91 Å². The number of hydrogen-bond acceptors (Lipinski definition) is 4. The van der Waals surface area contributed by atoms with Gasteiger partial charge >= 0.3 is 12.1 Å². The lowest BCUT2D eigenvalue weighted by atomic mass is 10.1. The van der Waals surface area contributed by atoms with Crippen LogP contribution >= 0.6 is 11.3 Å². The normalized spacial score (nSPS) is 12.0. The fraction of sp³-hybridized carbons (Fsp3) is 0.136. The number of carboxylic acids is 1. The van der Waals surface area contributed by atoms with Crippen LogP contribution in [0.3, 0.4) is 0 Å². The Labute approximate surface area is 179 Å². The average molecular weight is 446 g/mol. The fourth-order valence-electron chi connectivity index (χ4n) is 2.77. The molecular weight excluding hydrogens is 429 g/mol. The van der Waals surface area contributed by atoms with Gasteiger partial charge in [0.05, 0.1) is 11.3 Å². The number of amides is 1. The molecule has 31 heavy (non-hydrogen) atoms. The van der Waals surface area contributed by atoms with Gasteiger partial charge in [-0.2, -0.15) is 13.2 Å². The third-order valence-electron chi connectivity index (χ3n) is 4.37. The van der Waals surface area contributed by atoms with E-state index in [1.807, 2.05) is 0 Å². The molecule has 0 fully saturated rings. The van der Waals surface area contributed by atoms with Crippen LogP contribution in [0.4, 0.5) is 18.3 Å². The summed E-state index contributed by atoms with van der Waals surface area (Å²) in [5.74, 6) is -1.47. The summed E-state index contributed by atoms with van der Waals surface area (Å²) in [6.45, 7) is 3.19. The number of rotatable bonds is 5. The molecule has 0 radical (unpaired) electrons. The lowest BCUT2D eigenvalue weighted by Gasteiger charge is -2.08. The molecule has 0 spiro atoms. The number of nitrogens with one attached hydrogen (secondary N) is 1. The van der Waals surface area contributed by atoms with E-state index in [1.54, 1.807) is 31.2 Å². The molecule has 0 aliphatic carbocycles. The minimum atomic E-state index is -4.46. The lowest BCUT2D eigenvalue weighted by Crippen LogP contribution is -2.11. The third kappa shape index (κ3) is 5.37. The van der Waals surface area contributed by atoms with Crippen molar-refractivity contribution in [3.8, 4) is 11.3 Å². The second-order valence-electron chi connectivity index (χ2n) is 6.71. The maximum absolute atomic E-state index is 13.0. The number of carbonyl (C=O) groups is 2. The fourth-order valence-corrected chi connectivity index (χ4v) is 3.60. The first-order valence-corrected chi connectivity index (χ1v) is 9.84. The Hall–Kier alpha value is -3.46. The standard InChI is InChI=1S/C22H17F3N2O3S/c1-12(20(29)30)10-14-6-8-15(9-7-14)19(28)27-21-26-18(13(2)31-21)16-4-3-5-17(11-16)22(23,24)25/h3-11H,1-2H3,(H,29,30)(H,26,27,28)/b12-10+. The van der Waals surface area contributed by atoms with Gasteiger partial charge in [0.15, 0.2) is 5.13 Å². The van der Waals surface area contributed by atoms with Crippen LogP contribution in [0.5, 0.6) is 0 Å². The molecule has 5 nitrogen and oxygen atoms in total. The van der Waals surface area contributed by atoms with E-state index in [2.05, 4.69) is 10.3 Å². The quantitative estimate of drug-likeness (QED) is 0.480. The Morgan fingerprint density at radius 3 is 2.42 bits per heavy atom. The van der Waals surface area contributed by atoms with Gasteiger partial charge in [-0.15, -0.1) is 11.3 Å². The van der Waals surface area contributed by atoms with Crippen molar-refractivity contribution in [1.29, 1.82) is 0 Å². The highest BCUT2D eigenvalue weighted by Gasteiger charge is 2.30. The second kappa shape index (κ2) is 8.73. The molecule has 0 aliphatic rings. The van der Waals surface area contributed by atoms with Crippen LogP contribution in [-0.4, -0.2) is 22.0 Å². The molecule has 0 atom stereocenters. The van der Waals surface area contributed by atoms with Gasteiger partial charge < -0.3 is 5.11 Å². The molecule has 1 heterocycles. The molecule has 9 heteroatoms. The van der Waals surface area contributed by atoms with Gasteiger partial charge in [-0.25, -0.2) is 9.78 Å². The van der Waals surface area contributed by atoms with E-state index in [1.165, 1.54) is 25.1 Å². The molecule has 1 aromatic heterocycles. The molecule has 0 saturated carbocycles. The van der Waals surface area contributed by atoms with Gasteiger partial charge in [0, 0.05) is 21.6 Å². The molecule has 0 unspecified atom stereocenters. The summed E-state index contributed by atoms with van der Waals surface area (Å²) < 4.78 is 38.9. The van der Waals surface area contributed by atoms with Crippen LogP contribution in [0.2, 0.25) is 0 Å². The summed E-state index contributed by atoms with van der Waals surface area (Å²) in [6.07, 6.45) is -2.98. The molecule has 1 amide bonds. The van der Waals surface area contributed by atoms with Crippen molar-refractivity contribution >= 4 is 34.4 Å². The molecule has 2 aromatic carbocycles. The van der Waals surface area contributed by atoms with Crippen LogP contribution in [-0.2, 0) is 11.0 Å². The Kier molecular flexibility index (Phi) is 6.26. The number of anilines is 1. The van der Waals surface area contributed by atoms with E-state index in [4.69, 9.17) is 5.11 Å². The highest BCUT2D eigenvalue weighted by atomic mass is 32.1. The number of carboxylic acid groups (broad SMARTS) is 1. The van der Waals surface area contributed by atoms with Crippen LogP contribution in [0.25, 0.3) is 17.3 Å². The largest absolute Gasteiger partial charge is 0.478 e. The van der Waals surface area contributed by atoms with Crippen molar-refractivity contribution in [3.05, 3.63) is 75.7 Å². The minimum Gasteiger partial charge on any atom is -0.478 e. The van der Waals surface area contributed by atoms with Crippen LogP contribution in [0.15, 0.2) is 54.1 Å². The SMILES string of the molecule is C/C(=C\c1ccc(C(=O)Nc2nc(-c3cccc(C(F)(F)F)c3)c(C)s2)cc1)C(=O)O. The van der Waals surface area contributed by atoms with E-state index >= 15 is 0 Å². The molecular formula is C22H17F3N2O3S. The van der Waals surface area contributed by atoms with Crippen LogP contribution in [0, 0.1) is 6.92 Å². The monoisotopic (exact) mass is 446 g/mol. The number of aliphatic carboxylic acids is 1. The Bertz CT molecular complexity index is 1170. The molecule has 0 saturated heterocycles. The summed E-state index contributed by atoms with van der Waals surface area (Å²) in [4.78, 5) is 28.3. The maximum atomic E-state index is 13.0. The van der Waals surface area contributed by atoms with Crippen molar-refractivity contribution in [2.24, 2.45) is 0 Å². The summed E-state index contributed by atoms with van der Waals surface area (Å²) in [5.41, 5.74) is 1.05. The van der Waals surface area contributed by atoms with Crippen LogP contribution in [0.1, 0.15) is 33.3 Å². The zero-order chi connectivity index (χ0) is 22.8. The van der Waals surface area contributed by atoms with Gasteiger partial charge in [0.1, 0.15) is 0 Å². The van der Waals surface area contributed by atoms with Crippen LogP contribution < -0.4 is 5.32 Å². The zero-order valence-electron chi connectivity index (χ0n) is 16.4. The molecule has 160 valence electrons. The number of hydrogen-bond donors (Lipinski definition) is 2. The predicted octanol–water partition coefficient (Wildman–Crippen LogP) is 5.88. The number of alkyl halides is 3. The number of aryl methyl sites for hydroxylation is 1. The van der Waals surface area contributed by atoms with Crippen molar-refractivity contribution in [2.75, 3.05) is 5.32 Å². The van der Waals surface area contributed by atoms with Gasteiger partial charge in [0.2, 0.25) is 0 Å². The zero-order valence-corrected chi connectivity index (χ0v) is 17.3. The summed E-state index contributed by atoms with van der Waals surface area (Å²) in [5, 5.41) is 11.8. The molecule has 2 N–H and O–H groups in total. The number of aromatic nitrogens is 1. The molecule has 0 bridgehead atoms. The first-order chi connectivity index (χ1) is 14.5. The van der Waals surface area contributed by atoms with E-state index < -0.39 is 23.6 Å². The van der Waals surface area contributed by atoms with E-state index in [0.29, 0.717) is 27.3 Å². The van der Waals surface area contributed by atoms with Gasteiger partial charge in [-0.3, -0.25) is 10.1 Å². The van der Waals surface area contributed by atoms with Crippen molar-refractivity contribution in [2.45, 2.75) is 20.0 Å². The van der Waals surface area contributed by atoms with E-state index in [-0.39, 0.29) is 10.7 Å². The number of carbonyl (C=O) groups excluding carboxylic acids is 1. The number of thiazole rings is 1. The van der Waals surface area contributed by atoms with Gasteiger partial charge in [-0.05, 0) is 49.8 Å². The number of halogens is 3. The maximum Gasteiger partial charge on any atom is 0.416 e. The highest BCUT2D eigenvalue weighted by molar-refractivity contribution is 7.16. The van der Waals surface area contributed by atoms with Crippen molar-refractivity contribution < 1.29 is 27.9 Å². The topological polar surface area (TPSA) is 79.3 Å². The van der Waals surface area contributed by atoms with Gasteiger partial charge in [-0.1, -0.05) is 24.3 Å². The number of benzene rings is 2. The van der Waals surface area contributed by atoms with E-state index in [9.17, 15) is 22.8 Å².